The number of fused-ring (bicyclic) bond motifs is 2. The van der Waals surface area contributed by atoms with E-state index < -0.39 is 6.09 Å². The van der Waals surface area contributed by atoms with Crippen molar-refractivity contribution in [3.8, 4) is 0 Å². The van der Waals surface area contributed by atoms with Gasteiger partial charge in [0.1, 0.15) is 5.82 Å². The number of aryl methyl sites for hydroxylation is 2. The van der Waals surface area contributed by atoms with Gasteiger partial charge in [0, 0.05) is 19.3 Å². The summed E-state index contributed by atoms with van der Waals surface area (Å²) >= 11 is 0. The third-order valence-electron chi connectivity index (χ3n) is 5.91. The molecule has 158 valence electrons. The number of para-hydroxylation sites is 2. The summed E-state index contributed by atoms with van der Waals surface area (Å²) in [6.45, 7) is 2.05. The van der Waals surface area contributed by atoms with E-state index in [4.69, 9.17) is 10.1 Å². The number of aromatic nitrogens is 3. The molecule has 0 fully saturated rings. The van der Waals surface area contributed by atoms with E-state index >= 15 is 0 Å². The Bertz CT molecular complexity index is 1020. The van der Waals surface area contributed by atoms with Gasteiger partial charge >= 0.3 is 6.09 Å². The van der Waals surface area contributed by atoms with Gasteiger partial charge in [-0.1, -0.05) is 18.2 Å². The van der Waals surface area contributed by atoms with E-state index in [0.717, 1.165) is 55.6 Å². The van der Waals surface area contributed by atoms with E-state index in [9.17, 15) is 4.79 Å². The van der Waals surface area contributed by atoms with Crippen LogP contribution < -0.4 is 5.32 Å². The summed E-state index contributed by atoms with van der Waals surface area (Å²) in [5, 5.41) is 11.2. The number of carbonyl (C=O) groups is 1. The number of unbranched alkanes of at least 4 members (excludes halogenated alkanes) is 1. The summed E-state index contributed by atoms with van der Waals surface area (Å²) in [6.07, 6.45) is 6.02. The molecule has 0 aliphatic heterocycles. The van der Waals surface area contributed by atoms with Crippen molar-refractivity contribution in [2.45, 2.75) is 51.2 Å². The molecule has 30 heavy (non-hydrogen) atoms. The molecule has 0 spiro atoms. The van der Waals surface area contributed by atoms with Crippen LogP contribution >= 0.6 is 0 Å². The molecule has 3 aromatic rings. The fourth-order valence-corrected chi connectivity index (χ4v) is 4.43. The minimum absolute atomic E-state index is 0.308. The number of imidazole rings is 1. The molecule has 1 aromatic carbocycles. The Labute approximate surface area is 176 Å². The molecular formula is C23H29N5O2. The van der Waals surface area contributed by atoms with E-state index in [2.05, 4.69) is 45.0 Å². The van der Waals surface area contributed by atoms with Gasteiger partial charge < -0.3 is 15.0 Å². The summed E-state index contributed by atoms with van der Waals surface area (Å²) in [5.74, 6) is 1.05. The van der Waals surface area contributed by atoms with Gasteiger partial charge in [0.2, 0.25) is 0 Å². The van der Waals surface area contributed by atoms with Crippen molar-refractivity contribution in [3.63, 3.8) is 0 Å². The van der Waals surface area contributed by atoms with Crippen LogP contribution in [0.25, 0.3) is 11.0 Å². The zero-order chi connectivity index (χ0) is 20.9. The van der Waals surface area contributed by atoms with Crippen LogP contribution in [-0.2, 0) is 19.5 Å². The van der Waals surface area contributed by atoms with Crippen LogP contribution in [0.1, 0.15) is 48.8 Å². The first-order valence-corrected chi connectivity index (χ1v) is 10.7. The van der Waals surface area contributed by atoms with Crippen molar-refractivity contribution in [1.29, 1.82) is 0 Å². The van der Waals surface area contributed by atoms with Gasteiger partial charge in [-0.2, -0.15) is 0 Å². The minimum atomic E-state index is -0.966. The SMILES string of the molecule is CN(Cc1nc2ccccc2n1CCCCNC(=O)O)C1CCCc2cccnc21. The highest BCUT2D eigenvalue weighted by Gasteiger charge is 2.26. The lowest BCUT2D eigenvalue weighted by molar-refractivity contribution is 0.194. The van der Waals surface area contributed by atoms with E-state index in [1.165, 1.54) is 17.7 Å². The number of nitrogens with one attached hydrogen (secondary N) is 1. The lowest BCUT2D eigenvalue weighted by atomic mass is 9.91. The Kier molecular flexibility index (Phi) is 6.28. The van der Waals surface area contributed by atoms with Crippen molar-refractivity contribution in [3.05, 3.63) is 59.7 Å². The maximum Gasteiger partial charge on any atom is 0.404 e. The number of amides is 1. The summed E-state index contributed by atoms with van der Waals surface area (Å²) in [4.78, 5) is 22.6. The zero-order valence-corrected chi connectivity index (χ0v) is 17.4. The molecule has 2 heterocycles. The lowest BCUT2D eigenvalue weighted by Gasteiger charge is -2.32. The molecular weight excluding hydrogens is 378 g/mol. The van der Waals surface area contributed by atoms with Gasteiger partial charge in [-0.3, -0.25) is 9.88 Å². The molecule has 1 amide bonds. The van der Waals surface area contributed by atoms with Gasteiger partial charge in [0.25, 0.3) is 0 Å². The van der Waals surface area contributed by atoms with Crippen LogP contribution in [0.15, 0.2) is 42.6 Å². The average Bonchev–Trinajstić information content (AvgIpc) is 3.10. The van der Waals surface area contributed by atoms with E-state index in [1.807, 2.05) is 24.4 Å². The smallest absolute Gasteiger partial charge is 0.404 e. The van der Waals surface area contributed by atoms with Crippen LogP contribution in [0.4, 0.5) is 4.79 Å². The first-order chi connectivity index (χ1) is 14.6. The van der Waals surface area contributed by atoms with Crippen LogP contribution in [0.3, 0.4) is 0 Å². The lowest BCUT2D eigenvalue weighted by Crippen LogP contribution is -2.29. The van der Waals surface area contributed by atoms with Crippen molar-refractivity contribution in [2.75, 3.05) is 13.6 Å². The Morgan fingerprint density at radius 1 is 1.27 bits per heavy atom. The standard InChI is InChI=1S/C23H29N5O2/c1-27(20-12-6-8-17-9-7-14-24-22(17)20)16-21-26-18-10-2-3-11-19(18)28(21)15-5-4-13-25-23(29)30/h2-3,7,9-11,14,20,25H,4-6,8,12-13,15-16H2,1H3,(H,29,30). The third kappa shape index (κ3) is 4.46. The summed E-state index contributed by atoms with van der Waals surface area (Å²) < 4.78 is 2.29. The highest BCUT2D eigenvalue weighted by molar-refractivity contribution is 5.75. The van der Waals surface area contributed by atoms with Crippen LogP contribution in [0.5, 0.6) is 0 Å². The second-order valence-electron chi connectivity index (χ2n) is 7.98. The first kappa shape index (κ1) is 20.3. The first-order valence-electron chi connectivity index (χ1n) is 10.7. The zero-order valence-electron chi connectivity index (χ0n) is 17.4. The number of benzene rings is 1. The Morgan fingerprint density at radius 3 is 3.00 bits per heavy atom. The molecule has 0 saturated carbocycles. The van der Waals surface area contributed by atoms with Gasteiger partial charge in [0.15, 0.2) is 0 Å². The molecule has 1 atom stereocenters. The molecule has 1 aliphatic carbocycles. The Morgan fingerprint density at radius 2 is 2.13 bits per heavy atom. The van der Waals surface area contributed by atoms with Crippen molar-refractivity contribution < 1.29 is 9.90 Å². The monoisotopic (exact) mass is 407 g/mol. The molecule has 0 radical (unpaired) electrons. The fraction of sp³-hybridized carbons (Fsp3) is 0.435. The van der Waals surface area contributed by atoms with E-state index in [1.54, 1.807) is 0 Å². The van der Waals surface area contributed by atoms with Gasteiger partial charge in [0.05, 0.1) is 29.3 Å². The number of carboxylic acid groups (broad SMARTS) is 1. The van der Waals surface area contributed by atoms with Gasteiger partial charge in [-0.15, -0.1) is 0 Å². The van der Waals surface area contributed by atoms with E-state index in [-0.39, 0.29) is 0 Å². The summed E-state index contributed by atoms with van der Waals surface area (Å²) in [7, 11) is 2.16. The predicted molar refractivity (Wildman–Crippen MR) is 116 cm³/mol. The summed E-state index contributed by atoms with van der Waals surface area (Å²) in [5.41, 5.74) is 4.70. The molecule has 1 aliphatic rings. The van der Waals surface area contributed by atoms with Crippen molar-refractivity contribution in [2.24, 2.45) is 0 Å². The second-order valence-corrected chi connectivity index (χ2v) is 7.98. The quantitative estimate of drug-likeness (QED) is 0.552. The molecule has 1 unspecified atom stereocenters. The van der Waals surface area contributed by atoms with Crippen LogP contribution in [0.2, 0.25) is 0 Å². The number of rotatable bonds is 8. The van der Waals surface area contributed by atoms with Crippen LogP contribution in [-0.4, -0.2) is 44.2 Å². The molecule has 0 bridgehead atoms. The van der Waals surface area contributed by atoms with Gasteiger partial charge in [-0.25, -0.2) is 9.78 Å². The Balaban J connectivity index is 1.51. The maximum absolute atomic E-state index is 10.6. The molecule has 2 N–H and O–H groups in total. The topological polar surface area (TPSA) is 83.3 Å². The minimum Gasteiger partial charge on any atom is -0.465 e. The van der Waals surface area contributed by atoms with Crippen molar-refractivity contribution in [1.82, 2.24) is 24.8 Å². The number of hydrogen-bond donors (Lipinski definition) is 2. The molecule has 2 aromatic heterocycles. The van der Waals surface area contributed by atoms with E-state index in [0.29, 0.717) is 12.6 Å². The molecule has 4 rings (SSSR count). The van der Waals surface area contributed by atoms with Gasteiger partial charge in [-0.05, 0) is 62.9 Å². The highest BCUT2D eigenvalue weighted by Crippen LogP contribution is 2.33. The number of pyridine rings is 1. The highest BCUT2D eigenvalue weighted by atomic mass is 16.4. The third-order valence-corrected chi connectivity index (χ3v) is 5.91. The average molecular weight is 408 g/mol. The molecule has 7 nitrogen and oxygen atoms in total. The van der Waals surface area contributed by atoms with Crippen LogP contribution in [0, 0.1) is 0 Å². The normalized spacial score (nSPS) is 16.0. The molecule has 7 heteroatoms. The molecule has 0 saturated heterocycles. The summed E-state index contributed by atoms with van der Waals surface area (Å²) in [6, 6.07) is 12.8. The maximum atomic E-state index is 10.6. The predicted octanol–water partition coefficient (Wildman–Crippen LogP) is 3.99. The number of nitrogens with zero attached hydrogens (tertiary/aromatic N) is 4. The fourth-order valence-electron chi connectivity index (χ4n) is 4.43. The Hall–Kier alpha value is -2.93. The number of hydrogen-bond acceptors (Lipinski definition) is 4. The largest absolute Gasteiger partial charge is 0.465 e. The van der Waals surface area contributed by atoms with Crippen molar-refractivity contribution >= 4 is 17.1 Å². The second kappa shape index (κ2) is 9.26.